The SMILES string of the molecule is CCCCCCCCCCC/C=C/C(O)C(COC1OC(CO)C(OC2OC(CO)C(O)C(OC3(C(=O)O)CC(O)C(NC(C)=O)C(C(O)C(O)CO)O3)C2O)C(O)C1O)NC(=O)CCCCCCCCCCCCCCCCCCC/C=C\CCCCCCCCCCCCCCCCCCCC. The first-order valence-electron chi connectivity index (χ1n) is 41.7. The van der Waals surface area contributed by atoms with Gasteiger partial charge in [-0.25, -0.2) is 4.79 Å². The highest BCUT2D eigenvalue weighted by Crippen LogP contribution is 2.39. The quantitative estimate of drug-likeness (QED) is 0.0199. The second-order valence-corrected chi connectivity index (χ2v) is 30.3. The number of aliphatic carboxylic acids is 1. The molecular formula is C81H150N2O21. The summed E-state index contributed by atoms with van der Waals surface area (Å²) in [4.78, 5) is 38.6. The van der Waals surface area contributed by atoms with Crippen LogP contribution in [0, 0.1) is 0 Å². The minimum Gasteiger partial charge on any atom is -0.477 e. The Hall–Kier alpha value is -2.79. The van der Waals surface area contributed by atoms with E-state index in [1.807, 2.05) is 6.08 Å². The van der Waals surface area contributed by atoms with Crippen molar-refractivity contribution in [1.29, 1.82) is 0 Å². The molecule has 0 bridgehead atoms. The van der Waals surface area contributed by atoms with Gasteiger partial charge in [0, 0.05) is 19.8 Å². The maximum atomic E-state index is 13.5. The Morgan fingerprint density at radius 2 is 0.904 bits per heavy atom. The van der Waals surface area contributed by atoms with Crippen molar-refractivity contribution >= 4 is 17.8 Å². The van der Waals surface area contributed by atoms with E-state index in [0.29, 0.717) is 12.8 Å². The molecule has 0 aliphatic carbocycles. The predicted octanol–water partition coefficient (Wildman–Crippen LogP) is 11.5. The maximum Gasteiger partial charge on any atom is 0.364 e. The van der Waals surface area contributed by atoms with Crippen LogP contribution in [0.3, 0.4) is 0 Å². The zero-order valence-electron chi connectivity index (χ0n) is 64.6. The van der Waals surface area contributed by atoms with Crippen LogP contribution >= 0.6 is 0 Å². The van der Waals surface area contributed by atoms with Crippen molar-refractivity contribution in [3.63, 3.8) is 0 Å². The van der Waals surface area contributed by atoms with E-state index in [1.54, 1.807) is 6.08 Å². The predicted molar refractivity (Wildman–Crippen MR) is 403 cm³/mol. The van der Waals surface area contributed by atoms with Gasteiger partial charge in [-0.15, -0.1) is 0 Å². The van der Waals surface area contributed by atoms with Gasteiger partial charge in [-0.1, -0.05) is 295 Å². The number of rotatable bonds is 66. The van der Waals surface area contributed by atoms with E-state index >= 15 is 0 Å². The number of nitrogens with one attached hydrogen (secondary N) is 2. The highest BCUT2D eigenvalue weighted by molar-refractivity contribution is 5.77. The zero-order valence-corrected chi connectivity index (χ0v) is 64.6. The van der Waals surface area contributed by atoms with Gasteiger partial charge in [-0.05, 0) is 44.9 Å². The van der Waals surface area contributed by atoms with E-state index in [2.05, 4.69) is 36.6 Å². The first kappa shape index (κ1) is 95.4. The minimum absolute atomic E-state index is 0.203. The van der Waals surface area contributed by atoms with Crippen LogP contribution < -0.4 is 10.6 Å². The summed E-state index contributed by atoms with van der Waals surface area (Å²) in [6, 6.07) is -2.62. The molecule has 3 aliphatic heterocycles. The van der Waals surface area contributed by atoms with E-state index in [4.69, 9.17) is 28.4 Å². The van der Waals surface area contributed by atoms with Gasteiger partial charge < -0.3 is 100 Å². The van der Waals surface area contributed by atoms with E-state index < -0.39 is 155 Å². The van der Waals surface area contributed by atoms with Crippen molar-refractivity contribution in [2.75, 3.05) is 26.4 Å². The monoisotopic (exact) mass is 1490 g/mol. The van der Waals surface area contributed by atoms with Gasteiger partial charge >= 0.3 is 5.97 Å². The number of aliphatic hydroxyl groups excluding tert-OH is 11. The number of ether oxygens (including phenoxy) is 6. The number of unbranched alkanes of at least 4 members (excludes halogenated alkanes) is 44. The first-order chi connectivity index (χ1) is 50.4. The smallest absolute Gasteiger partial charge is 0.364 e. The van der Waals surface area contributed by atoms with Crippen LogP contribution in [0.25, 0.3) is 0 Å². The second-order valence-electron chi connectivity index (χ2n) is 30.3. The van der Waals surface area contributed by atoms with E-state index in [-0.39, 0.29) is 12.3 Å². The van der Waals surface area contributed by atoms with Crippen LogP contribution in [0.5, 0.6) is 0 Å². The summed E-state index contributed by atoms with van der Waals surface area (Å²) in [5, 5.41) is 136. The number of carbonyl (C=O) groups is 3. The summed E-state index contributed by atoms with van der Waals surface area (Å²) < 4.78 is 34.8. The van der Waals surface area contributed by atoms with E-state index in [9.17, 15) is 75.7 Å². The third-order valence-corrected chi connectivity index (χ3v) is 21.1. The number of carboxylic acid groups (broad SMARTS) is 1. The molecule has 0 aromatic rings. The van der Waals surface area contributed by atoms with Crippen LogP contribution in [-0.4, -0.2) is 215 Å². The number of aliphatic hydroxyl groups is 11. The Bertz CT molecular complexity index is 2170. The number of amides is 2. The third-order valence-electron chi connectivity index (χ3n) is 21.1. The summed E-state index contributed by atoms with van der Waals surface area (Å²) in [6.45, 7) is 2.14. The molecule has 0 saturated carbocycles. The Morgan fingerprint density at radius 3 is 1.31 bits per heavy atom. The summed E-state index contributed by atoms with van der Waals surface area (Å²) in [6.07, 6.45) is 38.6. The van der Waals surface area contributed by atoms with Gasteiger partial charge in [0.2, 0.25) is 11.8 Å². The zero-order chi connectivity index (χ0) is 76.0. The van der Waals surface area contributed by atoms with Crippen LogP contribution in [0.2, 0.25) is 0 Å². The Morgan fingerprint density at radius 1 is 0.500 bits per heavy atom. The molecule has 23 nitrogen and oxygen atoms in total. The fourth-order valence-electron chi connectivity index (χ4n) is 14.5. The van der Waals surface area contributed by atoms with Crippen LogP contribution in [0.15, 0.2) is 24.3 Å². The number of hydrogen-bond donors (Lipinski definition) is 14. The molecule has 18 unspecified atom stereocenters. The molecule has 3 aliphatic rings. The van der Waals surface area contributed by atoms with Crippen LogP contribution in [0.4, 0.5) is 0 Å². The third kappa shape index (κ3) is 39.7. The summed E-state index contributed by atoms with van der Waals surface area (Å²) in [5.41, 5.74) is 0. The molecule has 18 atom stereocenters. The lowest BCUT2D eigenvalue weighted by Crippen LogP contribution is -2.70. The highest BCUT2D eigenvalue weighted by atomic mass is 16.8. The molecule has 104 heavy (non-hydrogen) atoms. The number of carbonyl (C=O) groups excluding carboxylic acids is 2. The summed E-state index contributed by atoms with van der Waals surface area (Å²) in [5.74, 6) is -6.14. The van der Waals surface area contributed by atoms with E-state index in [1.165, 1.54) is 244 Å². The lowest BCUT2D eigenvalue weighted by Gasteiger charge is -2.50. The maximum absolute atomic E-state index is 13.5. The normalized spacial score (nSPS) is 26.5. The molecular weight excluding hydrogens is 1340 g/mol. The molecule has 0 radical (unpaired) electrons. The van der Waals surface area contributed by atoms with Crippen molar-refractivity contribution in [2.24, 2.45) is 0 Å². The largest absolute Gasteiger partial charge is 0.477 e. The topological polar surface area (TPSA) is 373 Å². The standard InChI is InChI=1S/C81H150N2O21/c1-4-6-8-10-12-14-16-17-18-19-20-21-22-23-24-25-26-27-28-29-30-31-32-33-34-35-36-37-38-39-40-41-42-43-45-47-49-51-53-55-68(91)83-62(63(88)54-52-50-48-46-44-15-13-11-9-7-5-2)60-99-78-73(95)72(94)75(67(59-86)101-78)102-79-74(96)77(71(93)66(58-85)100-79)104-81(80(97)98)56-64(89)69(82-61(3)87)76(103-81)70(92)65(90)57-84/h29-30,52,54,62-67,69-79,84-86,88-90,92-96H,4-28,31-51,53,55-60H2,1-3H3,(H,82,87)(H,83,91)(H,97,98)/b30-29-,54-52+. The molecule has 0 aromatic heterocycles. The first-order valence-corrected chi connectivity index (χ1v) is 41.7. The highest BCUT2D eigenvalue weighted by Gasteiger charge is 2.60. The molecule has 3 saturated heterocycles. The Labute approximate surface area is 625 Å². The molecule has 3 heterocycles. The van der Waals surface area contributed by atoms with Crippen LogP contribution in [-0.2, 0) is 42.8 Å². The van der Waals surface area contributed by atoms with Crippen molar-refractivity contribution in [3.8, 4) is 0 Å². The van der Waals surface area contributed by atoms with Gasteiger partial charge in [0.15, 0.2) is 12.6 Å². The fraction of sp³-hybridized carbons (Fsp3) is 0.914. The average Bonchev–Trinajstić information content (AvgIpc) is 0.755. The Balaban J connectivity index is 1.37. The molecule has 2 amide bonds. The molecule has 14 N–H and O–H groups in total. The van der Waals surface area contributed by atoms with Gasteiger partial charge in [-0.3, -0.25) is 9.59 Å². The number of allylic oxidation sites excluding steroid dienone is 3. The second kappa shape index (κ2) is 60.0. The van der Waals surface area contributed by atoms with Crippen molar-refractivity contribution in [1.82, 2.24) is 10.6 Å². The molecule has 610 valence electrons. The average molecular weight is 1490 g/mol. The Kier molecular flexibility index (Phi) is 55.0. The van der Waals surface area contributed by atoms with Gasteiger partial charge in [0.05, 0.1) is 50.7 Å². The van der Waals surface area contributed by atoms with Gasteiger partial charge in [0.1, 0.15) is 67.1 Å². The fourth-order valence-corrected chi connectivity index (χ4v) is 14.5. The summed E-state index contributed by atoms with van der Waals surface area (Å²) in [7, 11) is 0. The van der Waals surface area contributed by atoms with Crippen molar-refractivity contribution < 1.29 is 104 Å². The van der Waals surface area contributed by atoms with Crippen LogP contribution in [0.1, 0.15) is 335 Å². The van der Waals surface area contributed by atoms with E-state index in [0.717, 1.165) is 51.9 Å². The minimum atomic E-state index is -3.08. The van der Waals surface area contributed by atoms with Gasteiger partial charge in [-0.2, -0.15) is 0 Å². The summed E-state index contributed by atoms with van der Waals surface area (Å²) >= 11 is 0. The molecule has 0 spiro atoms. The van der Waals surface area contributed by atoms with Gasteiger partial charge in [0.25, 0.3) is 5.79 Å². The lowest BCUT2D eigenvalue weighted by atomic mass is 9.88. The van der Waals surface area contributed by atoms with Crippen molar-refractivity contribution in [2.45, 2.75) is 445 Å². The van der Waals surface area contributed by atoms with Crippen molar-refractivity contribution in [3.05, 3.63) is 24.3 Å². The number of carboxylic acids is 1. The molecule has 0 aromatic carbocycles. The lowest BCUT2D eigenvalue weighted by molar-refractivity contribution is -0.386. The molecule has 3 rings (SSSR count). The number of hydrogen-bond acceptors (Lipinski definition) is 20. The molecule has 3 fully saturated rings. The molecule has 23 heteroatoms.